The molecule has 2 rings (SSSR count). The molecule has 0 amide bonds. The van der Waals surface area contributed by atoms with Gasteiger partial charge in [0.15, 0.2) is 0 Å². The molecule has 1 aromatic rings. The molecule has 2 N–H and O–H groups in total. The number of hydrogen-bond donors (Lipinski definition) is 1. The number of nitrogens with zero attached hydrogens (tertiary/aromatic N) is 3. The van der Waals surface area contributed by atoms with Gasteiger partial charge in [0.05, 0.1) is 0 Å². The lowest BCUT2D eigenvalue weighted by atomic mass is 9.90. The molecular formula is C12H22N4O. The Labute approximate surface area is 102 Å². The van der Waals surface area contributed by atoms with E-state index in [2.05, 4.69) is 22.1 Å². The van der Waals surface area contributed by atoms with Crippen molar-refractivity contribution < 1.29 is 4.63 Å². The molecule has 0 spiro atoms. The number of aromatic nitrogens is 2. The fourth-order valence-electron chi connectivity index (χ4n) is 2.55. The summed E-state index contributed by atoms with van der Waals surface area (Å²) in [5.74, 6) is 0. The van der Waals surface area contributed by atoms with E-state index in [1.54, 1.807) is 0 Å². The van der Waals surface area contributed by atoms with Crippen molar-refractivity contribution in [2.45, 2.75) is 58.2 Å². The van der Waals surface area contributed by atoms with Crippen LogP contribution in [-0.2, 0) is 6.54 Å². The van der Waals surface area contributed by atoms with E-state index in [4.69, 9.17) is 10.4 Å². The van der Waals surface area contributed by atoms with Crippen molar-refractivity contribution in [3.05, 3.63) is 11.4 Å². The Balaban J connectivity index is 1.95. The third-order valence-electron chi connectivity index (χ3n) is 3.76. The lowest BCUT2D eigenvalue weighted by Crippen LogP contribution is -2.40. The van der Waals surface area contributed by atoms with E-state index >= 15 is 0 Å². The van der Waals surface area contributed by atoms with Gasteiger partial charge in [-0.2, -0.15) is 0 Å². The molecule has 0 aliphatic heterocycles. The van der Waals surface area contributed by atoms with Gasteiger partial charge in [-0.05, 0) is 39.2 Å². The molecule has 1 aromatic heterocycles. The highest BCUT2D eigenvalue weighted by atomic mass is 16.6. The van der Waals surface area contributed by atoms with Crippen LogP contribution in [0.3, 0.4) is 0 Å². The average molecular weight is 238 g/mol. The molecule has 17 heavy (non-hydrogen) atoms. The van der Waals surface area contributed by atoms with Gasteiger partial charge >= 0.3 is 0 Å². The van der Waals surface area contributed by atoms with E-state index < -0.39 is 0 Å². The predicted octanol–water partition coefficient (Wildman–Crippen LogP) is 1.47. The number of rotatable bonds is 4. The molecule has 0 radical (unpaired) electrons. The first-order valence-electron chi connectivity index (χ1n) is 6.48. The lowest BCUT2D eigenvalue weighted by Gasteiger charge is -2.34. The largest absolute Gasteiger partial charge is 0.328 e. The molecule has 5 nitrogen and oxygen atoms in total. The summed E-state index contributed by atoms with van der Waals surface area (Å²) in [6.07, 6.45) is 4.66. The Hall–Kier alpha value is -0.940. The van der Waals surface area contributed by atoms with Crippen LogP contribution in [0.1, 0.15) is 44.0 Å². The van der Waals surface area contributed by atoms with Crippen molar-refractivity contribution in [1.82, 2.24) is 15.2 Å². The molecule has 0 saturated heterocycles. The fourth-order valence-corrected chi connectivity index (χ4v) is 2.55. The molecule has 5 heteroatoms. The Kier molecular flexibility index (Phi) is 4.12. The minimum Gasteiger partial charge on any atom is -0.328 e. The standard InChI is InChI=1S/C12H22N4O/c1-3-16(8-12-9(2)14-17-15-12)11-6-4-10(13)5-7-11/h10-11H,3-8,13H2,1-2H3. The van der Waals surface area contributed by atoms with Gasteiger partial charge in [-0.25, -0.2) is 4.63 Å². The zero-order valence-corrected chi connectivity index (χ0v) is 10.7. The first kappa shape index (κ1) is 12.5. The summed E-state index contributed by atoms with van der Waals surface area (Å²) in [5.41, 5.74) is 7.80. The quantitative estimate of drug-likeness (QED) is 0.860. The van der Waals surface area contributed by atoms with Crippen LogP contribution in [-0.4, -0.2) is 33.8 Å². The van der Waals surface area contributed by atoms with Gasteiger partial charge in [-0.3, -0.25) is 4.90 Å². The first-order valence-corrected chi connectivity index (χ1v) is 6.48. The van der Waals surface area contributed by atoms with Crippen LogP contribution in [0.5, 0.6) is 0 Å². The Morgan fingerprint density at radius 3 is 2.53 bits per heavy atom. The van der Waals surface area contributed by atoms with Gasteiger partial charge < -0.3 is 5.73 Å². The minimum absolute atomic E-state index is 0.403. The Morgan fingerprint density at radius 2 is 2.00 bits per heavy atom. The molecule has 1 aliphatic rings. The van der Waals surface area contributed by atoms with Crippen LogP contribution >= 0.6 is 0 Å². The van der Waals surface area contributed by atoms with Gasteiger partial charge in [-0.15, -0.1) is 0 Å². The van der Waals surface area contributed by atoms with Gasteiger partial charge in [-0.1, -0.05) is 17.2 Å². The molecule has 1 saturated carbocycles. The zero-order valence-electron chi connectivity index (χ0n) is 10.7. The van der Waals surface area contributed by atoms with E-state index in [0.29, 0.717) is 12.1 Å². The summed E-state index contributed by atoms with van der Waals surface area (Å²) in [6.45, 7) is 6.01. The van der Waals surface area contributed by atoms with Gasteiger partial charge in [0.1, 0.15) is 11.4 Å². The second-order valence-corrected chi connectivity index (χ2v) is 4.93. The molecule has 1 heterocycles. The maximum absolute atomic E-state index is 5.94. The SMILES string of the molecule is CCN(Cc1nonc1C)C1CCC(N)CC1. The summed E-state index contributed by atoms with van der Waals surface area (Å²) in [5, 5.41) is 7.79. The third-order valence-corrected chi connectivity index (χ3v) is 3.76. The maximum atomic E-state index is 5.94. The second-order valence-electron chi connectivity index (χ2n) is 4.93. The minimum atomic E-state index is 0.403. The lowest BCUT2D eigenvalue weighted by molar-refractivity contribution is 0.145. The summed E-state index contributed by atoms with van der Waals surface area (Å²) >= 11 is 0. The summed E-state index contributed by atoms with van der Waals surface area (Å²) in [7, 11) is 0. The van der Waals surface area contributed by atoms with Crippen molar-refractivity contribution in [3.8, 4) is 0 Å². The van der Waals surface area contributed by atoms with Crippen LogP contribution in [0, 0.1) is 6.92 Å². The van der Waals surface area contributed by atoms with Gasteiger partial charge in [0, 0.05) is 18.6 Å². The van der Waals surface area contributed by atoms with E-state index in [0.717, 1.165) is 37.3 Å². The van der Waals surface area contributed by atoms with Crippen LogP contribution < -0.4 is 5.73 Å². The summed E-state index contributed by atoms with van der Waals surface area (Å²) in [4.78, 5) is 2.46. The molecule has 96 valence electrons. The Bertz CT molecular complexity index is 344. The fraction of sp³-hybridized carbons (Fsp3) is 0.833. The first-order chi connectivity index (χ1) is 8.20. The highest BCUT2D eigenvalue weighted by Gasteiger charge is 2.24. The van der Waals surface area contributed by atoms with E-state index in [9.17, 15) is 0 Å². The number of aryl methyl sites for hydroxylation is 1. The Morgan fingerprint density at radius 1 is 1.29 bits per heavy atom. The average Bonchev–Trinajstić information content (AvgIpc) is 2.73. The van der Waals surface area contributed by atoms with Crippen molar-refractivity contribution in [1.29, 1.82) is 0 Å². The van der Waals surface area contributed by atoms with Crippen molar-refractivity contribution >= 4 is 0 Å². The third kappa shape index (κ3) is 3.04. The van der Waals surface area contributed by atoms with Crippen LogP contribution in [0.2, 0.25) is 0 Å². The molecule has 0 aromatic carbocycles. The van der Waals surface area contributed by atoms with E-state index in [1.807, 2.05) is 6.92 Å². The van der Waals surface area contributed by atoms with Crippen molar-refractivity contribution in [2.24, 2.45) is 5.73 Å². The molecule has 0 atom stereocenters. The van der Waals surface area contributed by atoms with Crippen molar-refractivity contribution in [3.63, 3.8) is 0 Å². The smallest absolute Gasteiger partial charge is 0.122 e. The molecule has 0 unspecified atom stereocenters. The molecule has 0 bridgehead atoms. The second kappa shape index (κ2) is 5.60. The molecular weight excluding hydrogens is 216 g/mol. The predicted molar refractivity (Wildman–Crippen MR) is 65.4 cm³/mol. The van der Waals surface area contributed by atoms with Gasteiger partial charge in [0.2, 0.25) is 0 Å². The summed E-state index contributed by atoms with van der Waals surface area (Å²) < 4.78 is 4.75. The highest BCUT2D eigenvalue weighted by Crippen LogP contribution is 2.23. The normalized spacial score (nSPS) is 25.4. The molecule has 1 fully saturated rings. The highest BCUT2D eigenvalue weighted by molar-refractivity contribution is 5.04. The van der Waals surface area contributed by atoms with Gasteiger partial charge in [0.25, 0.3) is 0 Å². The van der Waals surface area contributed by atoms with Crippen LogP contribution in [0.15, 0.2) is 4.63 Å². The number of nitrogens with two attached hydrogens (primary N) is 1. The van der Waals surface area contributed by atoms with Crippen LogP contribution in [0.25, 0.3) is 0 Å². The topological polar surface area (TPSA) is 68.2 Å². The van der Waals surface area contributed by atoms with E-state index in [1.165, 1.54) is 12.8 Å². The van der Waals surface area contributed by atoms with Crippen molar-refractivity contribution in [2.75, 3.05) is 6.54 Å². The van der Waals surface area contributed by atoms with Crippen LogP contribution in [0.4, 0.5) is 0 Å². The zero-order chi connectivity index (χ0) is 12.3. The monoisotopic (exact) mass is 238 g/mol. The molecule has 1 aliphatic carbocycles. The maximum Gasteiger partial charge on any atom is 0.122 e. The number of hydrogen-bond acceptors (Lipinski definition) is 5. The van der Waals surface area contributed by atoms with E-state index in [-0.39, 0.29) is 0 Å². The summed E-state index contributed by atoms with van der Waals surface area (Å²) in [6, 6.07) is 1.04.